The van der Waals surface area contributed by atoms with Crippen molar-refractivity contribution < 1.29 is 31.2 Å². The Labute approximate surface area is 135 Å². The van der Waals surface area contributed by atoms with E-state index in [0.29, 0.717) is 12.1 Å². The molecule has 11 heteroatoms. The van der Waals surface area contributed by atoms with E-state index in [1.165, 1.54) is 0 Å². The van der Waals surface area contributed by atoms with E-state index in [1.807, 2.05) is 0 Å². The van der Waals surface area contributed by atoms with Crippen molar-refractivity contribution in [2.24, 2.45) is 0 Å². The molecule has 2 aliphatic heterocycles. The van der Waals surface area contributed by atoms with Gasteiger partial charge in [-0.25, -0.2) is 13.2 Å². The largest absolute Gasteiger partial charge is 0.416 e. The topological polar surface area (TPSA) is 86.8 Å². The first-order chi connectivity index (χ1) is 11.1. The van der Waals surface area contributed by atoms with Gasteiger partial charge in [-0.2, -0.15) is 17.5 Å². The van der Waals surface area contributed by atoms with Crippen LogP contribution in [0.5, 0.6) is 0 Å². The molecule has 7 nitrogen and oxygen atoms in total. The van der Waals surface area contributed by atoms with Crippen molar-refractivity contribution in [3.63, 3.8) is 0 Å². The highest BCUT2D eigenvalue weighted by Gasteiger charge is 2.45. The molecule has 2 saturated heterocycles. The molecule has 1 N–H and O–H groups in total. The van der Waals surface area contributed by atoms with Crippen LogP contribution in [0.1, 0.15) is 5.56 Å². The molecule has 0 saturated carbocycles. The third-order valence-electron chi connectivity index (χ3n) is 3.89. The molecule has 0 aromatic heterocycles. The first-order valence-electron chi connectivity index (χ1n) is 6.88. The zero-order valence-corrected chi connectivity index (χ0v) is 12.9. The first-order valence-corrected chi connectivity index (χ1v) is 8.32. The maximum absolute atomic E-state index is 12.5. The quantitative estimate of drug-likeness (QED) is 0.798. The predicted octanol–water partition coefficient (Wildman–Crippen LogP) is 0.630. The average Bonchev–Trinajstić information content (AvgIpc) is 2.77. The van der Waals surface area contributed by atoms with Gasteiger partial charge in [0.25, 0.3) is 0 Å². The zero-order chi connectivity index (χ0) is 17.7. The third kappa shape index (κ3) is 2.73. The summed E-state index contributed by atoms with van der Waals surface area (Å²) < 4.78 is 63.2. The number of carbonyl (C=O) groups excluding carboxylic acids is 2. The molecule has 0 bridgehead atoms. The third-order valence-corrected chi connectivity index (χ3v) is 5.74. The normalized spacial score (nSPS) is 20.2. The highest BCUT2D eigenvalue weighted by atomic mass is 32.2. The monoisotopic (exact) mass is 363 g/mol. The predicted molar refractivity (Wildman–Crippen MR) is 74.2 cm³/mol. The summed E-state index contributed by atoms with van der Waals surface area (Å²) in [6, 6.07) is 2.03. The van der Waals surface area contributed by atoms with Crippen LogP contribution in [-0.4, -0.2) is 55.2 Å². The highest BCUT2D eigenvalue weighted by Crippen LogP contribution is 2.31. The van der Waals surface area contributed by atoms with E-state index in [1.54, 1.807) is 0 Å². The van der Waals surface area contributed by atoms with Gasteiger partial charge in [-0.15, -0.1) is 0 Å². The van der Waals surface area contributed by atoms with Gasteiger partial charge in [0.15, 0.2) is 0 Å². The second-order valence-corrected chi connectivity index (χ2v) is 7.36. The van der Waals surface area contributed by atoms with E-state index in [0.717, 1.165) is 21.3 Å². The first kappa shape index (κ1) is 16.7. The van der Waals surface area contributed by atoms with Crippen LogP contribution >= 0.6 is 0 Å². The minimum atomic E-state index is -4.55. The summed E-state index contributed by atoms with van der Waals surface area (Å²) in [6.07, 6.45) is -4.55. The van der Waals surface area contributed by atoms with E-state index in [-0.39, 0.29) is 24.5 Å². The van der Waals surface area contributed by atoms with E-state index in [2.05, 4.69) is 5.32 Å². The minimum Gasteiger partial charge on any atom is -0.329 e. The fourth-order valence-corrected chi connectivity index (χ4v) is 4.06. The van der Waals surface area contributed by atoms with E-state index < -0.39 is 39.7 Å². The van der Waals surface area contributed by atoms with Crippen molar-refractivity contribution in [3.05, 3.63) is 29.8 Å². The molecule has 2 aliphatic rings. The maximum atomic E-state index is 12.5. The Morgan fingerprint density at radius 1 is 1.08 bits per heavy atom. The molecule has 0 unspecified atom stereocenters. The van der Waals surface area contributed by atoms with E-state index >= 15 is 0 Å². The molecule has 0 aliphatic carbocycles. The van der Waals surface area contributed by atoms with Crippen molar-refractivity contribution in [3.8, 4) is 0 Å². The number of hydrogen-bond acceptors (Lipinski definition) is 4. The molecule has 3 amide bonds. The number of benzene rings is 1. The zero-order valence-electron chi connectivity index (χ0n) is 12.1. The Morgan fingerprint density at radius 3 is 2.12 bits per heavy atom. The van der Waals surface area contributed by atoms with Crippen molar-refractivity contribution in [2.75, 3.05) is 19.6 Å². The lowest BCUT2D eigenvalue weighted by molar-refractivity contribution is -0.137. The Balaban J connectivity index is 1.72. The maximum Gasteiger partial charge on any atom is 0.416 e. The van der Waals surface area contributed by atoms with Crippen molar-refractivity contribution in [2.45, 2.75) is 17.1 Å². The van der Waals surface area contributed by atoms with Gasteiger partial charge in [-0.3, -0.25) is 9.69 Å². The molecule has 0 spiro atoms. The number of hydrogen-bond donors (Lipinski definition) is 1. The number of carbonyl (C=O) groups is 2. The van der Waals surface area contributed by atoms with Crippen LogP contribution < -0.4 is 5.32 Å². The van der Waals surface area contributed by atoms with Crippen LogP contribution in [0.15, 0.2) is 29.2 Å². The Hall–Kier alpha value is -2.14. The van der Waals surface area contributed by atoms with Crippen LogP contribution in [-0.2, 0) is 21.0 Å². The molecule has 0 atom stereocenters. The van der Waals surface area contributed by atoms with Gasteiger partial charge in [0, 0.05) is 13.1 Å². The average molecular weight is 363 g/mol. The molecular formula is C13H12F3N3O4S. The molecule has 24 heavy (non-hydrogen) atoms. The van der Waals surface area contributed by atoms with Gasteiger partial charge in [0.2, 0.25) is 15.9 Å². The second kappa shape index (κ2) is 5.45. The van der Waals surface area contributed by atoms with Gasteiger partial charge in [0.05, 0.1) is 23.0 Å². The number of halogens is 3. The lowest BCUT2D eigenvalue weighted by atomic mass is 10.1. The highest BCUT2D eigenvalue weighted by molar-refractivity contribution is 7.89. The van der Waals surface area contributed by atoms with E-state index in [9.17, 15) is 31.2 Å². The van der Waals surface area contributed by atoms with Crippen LogP contribution in [0, 0.1) is 0 Å². The lowest BCUT2D eigenvalue weighted by Gasteiger charge is -2.41. The number of sulfonamides is 1. The summed E-state index contributed by atoms with van der Waals surface area (Å²) >= 11 is 0. The summed E-state index contributed by atoms with van der Waals surface area (Å²) in [5.41, 5.74) is -0.942. The van der Waals surface area contributed by atoms with Crippen LogP contribution in [0.2, 0.25) is 0 Å². The Bertz CT molecular complexity index is 770. The molecule has 2 heterocycles. The molecule has 130 valence electrons. The molecule has 1 aromatic rings. The summed E-state index contributed by atoms with van der Waals surface area (Å²) in [5.74, 6) is -0.434. The SMILES string of the molecule is O=C1CNC(=O)N1C1CN(S(=O)(=O)c2ccc(C(F)(F)F)cc2)C1. The summed E-state index contributed by atoms with van der Waals surface area (Å²) in [6.45, 7) is -0.286. The van der Waals surface area contributed by atoms with Crippen LogP contribution in [0.4, 0.5) is 18.0 Å². The second-order valence-electron chi connectivity index (χ2n) is 5.42. The number of nitrogens with zero attached hydrogens (tertiary/aromatic N) is 2. The number of imide groups is 1. The summed E-state index contributed by atoms with van der Waals surface area (Å²) in [7, 11) is -3.97. The smallest absolute Gasteiger partial charge is 0.329 e. The Kier molecular flexibility index (Phi) is 3.79. The standard InChI is InChI=1S/C13H12F3N3O4S/c14-13(15,16)8-1-3-10(4-2-8)24(22,23)18-6-9(7-18)19-11(20)5-17-12(19)21/h1-4,9H,5-7H2,(H,17,21). The van der Waals surface area contributed by atoms with Crippen molar-refractivity contribution >= 4 is 22.0 Å². The number of nitrogens with one attached hydrogen (secondary N) is 1. The van der Waals surface area contributed by atoms with Gasteiger partial charge >= 0.3 is 12.2 Å². The van der Waals surface area contributed by atoms with Crippen molar-refractivity contribution in [1.29, 1.82) is 0 Å². The minimum absolute atomic E-state index is 0.0808. The molecular weight excluding hydrogens is 351 g/mol. The molecule has 3 rings (SSSR count). The number of alkyl halides is 3. The van der Waals surface area contributed by atoms with Gasteiger partial charge in [-0.05, 0) is 24.3 Å². The Morgan fingerprint density at radius 2 is 1.67 bits per heavy atom. The van der Waals surface area contributed by atoms with Crippen LogP contribution in [0.25, 0.3) is 0 Å². The number of rotatable bonds is 3. The fourth-order valence-electron chi connectivity index (χ4n) is 2.55. The van der Waals surface area contributed by atoms with Gasteiger partial charge < -0.3 is 5.32 Å². The summed E-state index contributed by atoms with van der Waals surface area (Å²) in [5, 5.41) is 2.34. The fraction of sp³-hybridized carbons (Fsp3) is 0.385. The molecule has 1 aromatic carbocycles. The van der Waals surface area contributed by atoms with E-state index in [4.69, 9.17) is 0 Å². The molecule has 0 radical (unpaired) electrons. The molecule has 2 fully saturated rings. The number of urea groups is 1. The summed E-state index contributed by atoms with van der Waals surface area (Å²) in [4.78, 5) is 23.7. The van der Waals surface area contributed by atoms with Crippen LogP contribution in [0.3, 0.4) is 0 Å². The van der Waals surface area contributed by atoms with Crippen molar-refractivity contribution in [1.82, 2.24) is 14.5 Å². The lowest BCUT2D eigenvalue weighted by Crippen LogP contribution is -2.62. The number of amides is 3. The van der Waals surface area contributed by atoms with Gasteiger partial charge in [0.1, 0.15) is 0 Å². The van der Waals surface area contributed by atoms with Gasteiger partial charge in [-0.1, -0.05) is 0 Å².